The molecule has 1 heterocycles. The first-order valence-electron chi connectivity index (χ1n) is 12.5. The Bertz CT molecular complexity index is 1520. The van der Waals surface area contributed by atoms with Crippen LogP contribution < -0.4 is 18.9 Å². The van der Waals surface area contributed by atoms with E-state index in [-0.39, 0.29) is 36.0 Å². The van der Waals surface area contributed by atoms with E-state index in [4.69, 9.17) is 23.7 Å². The number of carbonyl (C=O) groups excluding carboxylic acids is 2. The number of methoxy groups -OCH3 is 2. The van der Waals surface area contributed by atoms with Gasteiger partial charge in [-0.3, -0.25) is 0 Å². The van der Waals surface area contributed by atoms with Crippen LogP contribution in [-0.2, 0) is 18.1 Å². The smallest absolute Gasteiger partial charge is 0.347 e. The van der Waals surface area contributed by atoms with Crippen LogP contribution in [-0.4, -0.2) is 40.9 Å². The second-order valence-electron chi connectivity index (χ2n) is 9.11. The van der Waals surface area contributed by atoms with Gasteiger partial charge in [0.05, 0.1) is 14.2 Å². The average Bonchev–Trinajstić information content (AvgIpc) is 3.47. The number of rotatable bonds is 10. The first-order chi connectivity index (χ1) is 19.2. The van der Waals surface area contributed by atoms with Crippen molar-refractivity contribution in [2.45, 2.75) is 41.0 Å². The molecule has 0 unspecified atom stereocenters. The van der Waals surface area contributed by atoms with Crippen LogP contribution in [0.3, 0.4) is 0 Å². The second-order valence-corrected chi connectivity index (χ2v) is 9.11. The highest BCUT2D eigenvalue weighted by Gasteiger charge is 2.27. The fraction of sp³-hybridized carbons (Fsp3) is 0.267. The molecule has 0 radical (unpaired) electrons. The van der Waals surface area contributed by atoms with Gasteiger partial charge in [-0.25, -0.2) is 19.3 Å². The molecule has 0 saturated heterocycles. The largest absolute Gasteiger partial charge is 0.496 e. The maximum Gasteiger partial charge on any atom is 0.347 e. The molecule has 0 aliphatic heterocycles. The van der Waals surface area contributed by atoms with Gasteiger partial charge in [0.25, 0.3) is 0 Å². The van der Waals surface area contributed by atoms with Gasteiger partial charge in [0, 0.05) is 11.1 Å². The summed E-state index contributed by atoms with van der Waals surface area (Å²) in [4.78, 5) is 30.7. The van der Waals surface area contributed by atoms with E-state index in [1.807, 2.05) is 30.3 Å². The molecule has 3 aromatic carbocycles. The summed E-state index contributed by atoms with van der Waals surface area (Å²) in [5.41, 5.74) is 3.59. The molecule has 0 saturated carbocycles. The molecule has 40 heavy (non-hydrogen) atoms. The number of benzene rings is 3. The summed E-state index contributed by atoms with van der Waals surface area (Å²) in [6, 6.07) is 12.7. The van der Waals surface area contributed by atoms with Crippen LogP contribution in [0.25, 0.3) is 0 Å². The van der Waals surface area contributed by atoms with Crippen molar-refractivity contribution >= 4 is 11.9 Å². The van der Waals surface area contributed by atoms with Crippen molar-refractivity contribution in [3.8, 4) is 23.0 Å². The lowest BCUT2D eigenvalue weighted by atomic mass is 10.0. The number of hydrogen-bond donors (Lipinski definition) is 0. The maximum absolute atomic E-state index is 13.5. The number of ether oxygens (including phenoxy) is 5. The summed E-state index contributed by atoms with van der Waals surface area (Å²) in [5.74, 6) is 0.208. The van der Waals surface area contributed by atoms with E-state index in [0.717, 1.165) is 5.56 Å². The van der Waals surface area contributed by atoms with Gasteiger partial charge < -0.3 is 23.7 Å². The number of hydrogen-bond acceptors (Lipinski definition) is 9. The van der Waals surface area contributed by atoms with E-state index in [1.165, 1.54) is 24.4 Å². The number of carbonyl (C=O) groups is 2. The van der Waals surface area contributed by atoms with Gasteiger partial charge in [0.2, 0.25) is 0 Å². The Morgan fingerprint density at radius 2 is 1.48 bits per heavy atom. The van der Waals surface area contributed by atoms with Gasteiger partial charge in [0.1, 0.15) is 53.4 Å². The van der Waals surface area contributed by atoms with Crippen LogP contribution in [0.15, 0.2) is 55.1 Å². The fourth-order valence-electron chi connectivity index (χ4n) is 4.35. The van der Waals surface area contributed by atoms with E-state index < -0.39 is 11.9 Å². The standard InChI is InChI=1S/C30H31N3O7/c1-18-12-23(36-5)20(3)27(37-6)25(18)30(35)40-24-13-19(2)26(29(34)38-14-22-10-8-7-9-11-22)28(21(24)4)39-17-33-16-31-15-32-33/h7-13,15-16H,14,17H2,1-6H3. The molecule has 4 aromatic rings. The minimum absolute atomic E-state index is 0.0265. The molecular formula is C30H31N3O7. The number of nitrogens with zero attached hydrogens (tertiary/aromatic N) is 3. The summed E-state index contributed by atoms with van der Waals surface area (Å²) in [5, 5.41) is 4.05. The Balaban J connectivity index is 1.70. The highest BCUT2D eigenvalue weighted by atomic mass is 16.5. The first-order valence-corrected chi connectivity index (χ1v) is 12.5. The molecule has 10 heteroatoms. The minimum atomic E-state index is -0.621. The van der Waals surface area contributed by atoms with Crippen molar-refractivity contribution in [1.82, 2.24) is 14.8 Å². The Labute approximate surface area is 232 Å². The molecule has 4 rings (SSSR count). The van der Waals surface area contributed by atoms with Crippen molar-refractivity contribution in [2.24, 2.45) is 0 Å². The zero-order valence-electron chi connectivity index (χ0n) is 23.3. The summed E-state index contributed by atoms with van der Waals surface area (Å²) < 4.78 is 29.9. The fourth-order valence-corrected chi connectivity index (χ4v) is 4.35. The van der Waals surface area contributed by atoms with E-state index >= 15 is 0 Å². The van der Waals surface area contributed by atoms with Crippen LogP contribution in [0.5, 0.6) is 23.0 Å². The van der Waals surface area contributed by atoms with Gasteiger partial charge in [-0.2, -0.15) is 5.10 Å². The number of aromatic nitrogens is 3. The van der Waals surface area contributed by atoms with Gasteiger partial charge in [0.15, 0.2) is 6.73 Å². The molecule has 0 N–H and O–H groups in total. The van der Waals surface area contributed by atoms with Crippen LogP contribution in [0, 0.1) is 27.7 Å². The predicted octanol–water partition coefficient (Wildman–Crippen LogP) is 5.14. The summed E-state index contributed by atoms with van der Waals surface area (Å²) in [7, 11) is 3.04. The lowest BCUT2D eigenvalue weighted by Gasteiger charge is -2.20. The summed E-state index contributed by atoms with van der Waals surface area (Å²) >= 11 is 0. The van der Waals surface area contributed by atoms with E-state index in [0.29, 0.717) is 33.8 Å². The monoisotopic (exact) mass is 545 g/mol. The topological polar surface area (TPSA) is 111 Å². The molecule has 0 spiro atoms. The third-order valence-electron chi connectivity index (χ3n) is 6.41. The van der Waals surface area contributed by atoms with Gasteiger partial charge in [-0.05, 0) is 56.5 Å². The first kappa shape index (κ1) is 28.2. The molecule has 0 bridgehead atoms. The SMILES string of the molecule is COc1cc(C)c(C(=O)Oc2cc(C)c(C(=O)OCc3ccccc3)c(OCn3cncn3)c2C)c(OC)c1C. The molecule has 0 atom stereocenters. The van der Waals surface area contributed by atoms with Gasteiger partial charge >= 0.3 is 11.9 Å². The average molecular weight is 546 g/mol. The lowest BCUT2D eigenvalue weighted by Crippen LogP contribution is -2.17. The Morgan fingerprint density at radius 1 is 0.825 bits per heavy atom. The second kappa shape index (κ2) is 12.3. The minimum Gasteiger partial charge on any atom is -0.496 e. The number of aryl methyl sites for hydroxylation is 2. The van der Waals surface area contributed by atoms with Gasteiger partial charge in [-0.1, -0.05) is 30.3 Å². The maximum atomic E-state index is 13.5. The van der Waals surface area contributed by atoms with Crippen molar-refractivity contribution < 1.29 is 33.3 Å². The van der Waals surface area contributed by atoms with Crippen LogP contribution in [0.4, 0.5) is 0 Å². The zero-order valence-corrected chi connectivity index (χ0v) is 23.3. The van der Waals surface area contributed by atoms with Crippen molar-refractivity contribution in [2.75, 3.05) is 14.2 Å². The Kier molecular flexibility index (Phi) is 8.68. The zero-order chi connectivity index (χ0) is 28.8. The summed E-state index contributed by atoms with van der Waals surface area (Å²) in [6.07, 6.45) is 2.86. The van der Waals surface area contributed by atoms with Crippen LogP contribution in [0.1, 0.15) is 48.5 Å². The highest BCUT2D eigenvalue weighted by molar-refractivity contribution is 5.98. The lowest BCUT2D eigenvalue weighted by molar-refractivity contribution is 0.0464. The molecule has 1 aromatic heterocycles. The Morgan fingerprint density at radius 3 is 2.10 bits per heavy atom. The van der Waals surface area contributed by atoms with Gasteiger partial charge in [-0.15, -0.1) is 0 Å². The third kappa shape index (κ3) is 5.90. The third-order valence-corrected chi connectivity index (χ3v) is 6.41. The van der Waals surface area contributed by atoms with Crippen LogP contribution in [0.2, 0.25) is 0 Å². The quantitative estimate of drug-likeness (QED) is 0.197. The van der Waals surface area contributed by atoms with E-state index in [2.05, 4.69) is 10.1 Å². The molecule has 208 valence electrons. The molecule has 10 nitrogen and oxygen atoms in total. The van der Waals surface area contributed by atoms with Crippen molar-refractivity contribution in [1.29, 1.82) is 0 Å². The molecular weight excluding hydrogens is 514 g/mol. The molecule has 0 aliphatic rings. The van der Waals surface area contributed by atoms with E-state index in [9.17, 15) is 9.59 Å². The van der Waals surface area contributed by atoms with Crippen LogP contribution >= 0.6 is 0 Å². The van der Waals surface area contributed by atoms with Crippen molar-refractivity contribution in [3.05, 3.63) is 94.1 Å². The Hall–Kier alpha value is -4.86. The predicted molar refractivity (Wildman–Crippen MR) is 146 cm³/mol. The highest BCUT2D eigenvalue weighted by Crippen LogP contribution is 2.38. The molecule has 0 fully saturated rings. The van der Waals surface area contributed by atoms with E-state index in [1.54, 1.807) is 46.9 Å². The summed E-state index contributed by atoms with van der Waals surface area (Å²) in [6.45, 7) is 7.07. The number of esters is 2. The van der Waals surface area contributed by atoms with Crippen molar-refractivity contribution in [3.63, 3.8) is 0 Å². The molecule has 0 aliphatic carbocycles. The normalized spacial score (nSPS) is 10.7. The molecule has 0 amide bonds.